The molecule has 0 radical (unpaired) electrons. The summed E-state index contributed by atoms with van der Waals surface area (Å²) in [4.78, 5) is 11.4. The number of ether oxygens (including phenoxy) is 1. The highest BCUT2D eigenvalue weighted by Crippen LogP contribution is 2.09. The molecule has 0 saturated heterocycles. The SMILES string of the molecule is CCOC(CCNC(=O)CCCNC)C(C)C. The largest absolute Gasteiger partial charge is 0.378 e. The van der Waals surface area contributed by atoms with Crippen LogP contribution in [0.25, 0.3) is 0 Å². The van der Waals surface area contributed by atoms with Gasteiger partial charge in [0, 0.05) is 19.6 Å². The Kier molecular flexibility index (Phi) is 10.2. The Morgan fingerprint density at radius 3 is 2.53 bits per heavy atom. The van der Waals surface area contributed by atoms with Crippen LogP contribution in [0.15, 0.2) is 0 Å². The maximum absolute atomic E-state index is 11.4. The first kappa shape index (κ1) is 16.4. The zero-order chi connectivity index (χ0) is 13.1. The van der Waals surface area contributed by atoms with Gasteiger partial charge in [-0.15, -0.1) is 0 Å². The maximum Gasteiger partial charge on any atom is 0.220 e. The fourth-order valence-corrected chi connectivity index (χ4v) is 1.69. The second kappa shape index (κ2) is 10.5. The Labute approximate surface area is 105 Å². The van der Waals surface area contributed by atoms with Crippen molar-refractivity contribution in [3.63, 3.8) is 0 Å². The van der Waals surface area contributed by atoms with Crippen molar-refractivity contribution in [2.24, 2.45) is 5.92 Å². The van der Waals surface area contributed by atoms with Crippen LogP contribution in [0.1, 0.15) is 40.0 Å². The fraction of sp³-hybridized carbons (Fsp3) is 0.923. The van der Waals surface area contributed by atoms with Crippen LogP contribution in [0, 0.1) is 5.92 Å². The summed E-state index contributed by atoms with van der Waals surface area (Å²) in [5.74, 6) is 0.635. The Hall–Kier alpha value is -0.610. The Bertz CT molecular complexity index is 196. The molecule has 1 atom stereocenters. The molecule has 17 heavy (non-hydrogen) atoms. The number of carbonyl (C=O) groups excluding carboxylic acids is 1. The van der Waals surface area contributed by atoms with Gasteiger partial charge in [0.25, 0.3) is 0 Å². The average Bonchev–Trinajstić information content (AvgIpc) is 2.28. The molecule has 2 N–H and O–H groups in total. The van der Waals surface area contributed by atoms with Gasteiger partial charge in [-0.1, -0.05) is 13.8 Å². The number of amides is 1. The number of hydrogen-bond acceptors (Lipinski definition) is 3. The van der Waals surface area contributed by atoms with Gasteiger partial charge < -0.3 is 15.4 Å². The van der Waals surface area contributed by atoms with Crippen molar-refractivity contribution in [2.45, 2.75) is 46.1 Å². The van der Waals surface area contributed by atoms with Crippen LogP contribution in [0.3, 0.4) is 0 Å². The lowest BCUT2D eigenvalue weighted by atomic mass is 10.0. The topological polar surface area (TPSA) is 50.4 Å². The van der Waals surface area contributed by atoms with Gasteiger partial charge >= 0.3 is 0 Å². The van der Waals surface area contributed by atoms with Crippen LogP contribution in [0.4, 0.5) is 0 Å². The van der Waals surface area contributed by atoms with Crippen LogP contribution < -0.4 is 10.6 Å². The smallest absolute Gasteiger partial charge is 0.220 e. The molecular formula is C13H28N2O2. The van der Waals surface area contributed by atoms with E-state index in [9.17, 15) is 4.79 Å². The first-order valence-electron chi connectivity index (χ1n) is 6.64. The summed E-state index contributed by atoms with van der Waals surface area (Å²) < 4.78 is 5.62. The molecule has 4 heteroatoms. The second-order valence-corrected chi connectivity index (χ2v) is 4.58. The van der Waals surface area contributed by atoms with Crippen LogP contribution in [-0.2, 0) is 9.53 Å². The third-order valence-electron chi connectivity index (χ3n) is 2.71. The van der Waals surface area contributed by atoms with Gasteiger partial charge in [0.2, 0.25) is 5.91 Å². The predicted octanol–water partition coefficient (Wildman–Crippen LogP) is 1.55. The van der Waals surface area contributed by atoms with E-state index in [1.165, 1.54) is 0 Å². The third-order valence-corrected chi connectivity index (χ3v) is 2.71. The van der Waals surface area contributed by atoms with Gasteiger partial charge in [0.05, 0.1) is 6.10 Å². The van der Waals surface area contributed by atoms with Crippen molar-refractivity contribution in [2.75, 3.05) is 26.7 Å². The molecule has 1 amide bonds. The second-order valence-electron chi connectivity index (χ2n) is 4.58. The first-order chi connectivity index (χ1) is 8.11. The van der Waals surface area contributed by atoms with E-state index in [0.717, 1.165) is 26.0 Å². The molecule has 0 rings (SSSR count). The molecule has 4 nitrogen and oxygen atoms in total. The van der Waals surface area contributed by atoms with Gasteiger partial charge in [-0.25, -0.2) is 0 Å². The summed E-state index contributed by atoms with van der Waals surface area (Å²) >= 11 is 0. The molecule has 0 aromatic carbocycles. The van der Waals surface area contributed by atoms with Crippen molar-refractivity contribution < 1.29 is 9.53 Å². The highest BCUT2D eigenvalue weighted by Gasteiger charge is 2.13. The van der Waals surface area contributed by atoms with Crippen LogP contribution >= 0.6 is 0 Å². The normalized spacial score (nSPS) is 12.8. The molecule has 0 spiro atoms. The number of carbonyl (C=O) groups is 1. The standard InChI is InChI=1S/C13H28N2O2/c1-5-17-12(11(2)3)8-10-15-13(16)7-6-9-14-4/h11-12,14H,5-10H2,1-4H3,(H,15,16). The summed E-state index contributed by atoms with van der Waals surface area (Å²) in [6, 6.07) is 0. The highest BCUT2D eigenvalue weighted by molar-refractivity contribution is 5.75. The molecule has 0 aliphatic heterocycles. The maximum atomic E-state index is 11.4. The van der Waals surface area contributed by atoms with Crippen LogP contribution in [0.2, 0.25) is 0 Å². The van der Waals surface area contributed by atoms with E-state index in [1.54, 1.807) is 0 Å². The monoisotopic (exact) mass is 244 g/mol. The van der Waals surface area contributed by atoms with Crippen LogP contribution in [0.5, 0.6) is 0 Å². The molecule has 0 fully saturated rings. The van der Waals surface area contributed by atoms with Gasteiger partial charge in [0.1, 0.15) is 0 Å². The van der Waals surface area contributed by atoms with Crippen molar-refractivity contribution in [3.05, 3.63) is 0 Å². The molecule has 0 saturated carbocycles. The molecule has 1 unspecified atom stereocenters. The van der Waals surface area contributed by atoms with E-state index in [4.69, 9.17) is 4.74 Å². The van der Waals surface area contributed by atoms with Crippen molar-refractivity contribution in [3.8, 4) is 0 Å². The molecule has 0 aromatic rings. The van der Waals surface area contributed by atoms with Crippen molar-refractivity contribution in [1.82, 2.24) is 10.6 Å². The molecule has 0 heterocycles. The zero-order valence-electron chi connectivity index (χ0n) is 11.7. The van der Waals surface area contributed by atoms with E-state index < -0.39 is 0 Å². The highest BCUT2D eigenvalue weighted by atomic mass is 16.5. The summed E-state index contributed by atoms with van der Waals surface area (Å²) in [5, 5.41) is 5.97. The van der Waals surface area contributed by atoms with E-state index >= 15 is 0 Å². The van der Waals surface area contributed by atoms with Gasteiger partial charge in [-0.05, 0) is 39.3 Å². The first-order valence-corrected chi connectivity index (χ1v) is 6.64. The minimum absolute atomic E-state index is 0.138. The Morgan fingerprint density at radius 1 is 1.29 bits per heavy atom. The molecular weight excluding hydrogens is 216 g/mol. The minimum atomic E-state index is 0.138. The van der Waals surface area contributed by atoms with Gasteiger partial charge in [0.15, 0.2) is 0 Å². The summed E-state index contributed by atoms with van der Waals surface area (Å²) in [7, 11) is 1.90. The zero-order valence-corrected chi connectivity index (χ0v) is 11.7. The van der Waals surface area contributed by atoms with Crippen molar-refractivity contribution >= 4 is 5.91 Å². The predicted molar refractivity (Wildman–Crippen MR) is 71.0 cm³/mol. The number of hydrogen-bond donors (Lipinski definition) is 2. The van der Waals surface area contributed by atoms with Gasteiger partial charge in [-0.3, -0.25) is 4.79 Å². The fourth-order valence-electron chi connectivity index (χ4n) is 1.69. The Balaban J connectivity index is 3.61. The van der Waals surface area contributed by atoms with Crippen molar-refractivity contribution in [1.29, 1.82) is 0 Å². The molecule has 0 bridgehead atoms. The summed E-state index contributed by atoms with van der Waals surface area (Å²) in [6.45, 7) is 8.64. The average molecular weight is 244 g/mol. The lowest BCUT2D eigenvalue weighted by Crippen LogP contribution is -2.30. The lowest BCUT2D eigenvalue weighted by Gasteiger charge is -2.20. The third kappa shape index (κ3) is 9.12. The molecule has 0 aromatic heterocycles. The molecule has 102 valence electrons. The number of nitrogens with one attached hydrogen (secondary N) is 2. The van der Waals surface area contributed by atoms with E-state index in [1.807, 2.05) is 14.0 Å². The van der Waals surface area contributed by atoms with E-state index in [2.05, 4.69) is 24.5 Å². The van der Waals surface area contributed by atoms with Gasteiger partial charge in [-0.2, -0.15) is 0 Å². The lowest BCUT2D eigenvalue weighted by molar-refractivity contribution is -0.121. The summed E-state index contributed by atoms with van der Waals surface area (Å²) in [5.41, 5.74) is 0. The quantitative estimate of drug-likeness (QED) is 0.573. The Morgan fingerprint density at radius 2 is 2.00 bits per heavy atom. The van der Waals surface area contributed by atoms with E-state index in [0.29, 0.717) is 18.9 Å². The van der Waals surface area contributed by atoms with E-state index in [-0.39, 0.29) is 12.0 Å². The van der Waals surface area contributed by atoms with Crippen LogP contribution in [-0.4, -0.2) is 38.8 Å². The summed E-state index contributed by atoms with van der Waals surface area (Å²) in [6.07, 6.45) is 2.63. The molecule has 0 aliphatic carbocycles. The number of rotatable bonds is 10. The molecule has 0 aliphatic rings. The minimum Gasteiger partial charge on any atom is -0.378 e.